The number of likely N-dealkylation sites (N-methyl/N-ethyl adjacent to an activating group) is 1. The molecule has 2 heterocycles. The van der Waals surface area contributed by atoms with E-state index in [1.807, 2.05) is 6.92 Å². The Hall–Kier alpha value is -2.35. The van der Waals surface area contributed by atoms with Crippen LogP contribution in [0.2, 0.25) is 0 Å². The molecule has 0 N–H and O–H groups in total. The minimum atomic E-state index is -3.06. The van der Waals surface area contributed by atoms with Crippen LogP contribution in [0.15, 0.2) is 39.5 Å². The van der Waals surface area contributed by atoms with Gasteiger partial charge in [0.1, 0.15) is 11.3 Å². The second-order valence-corrected chi connectivity index (χ2v) is 8.21. The van der Waals surface area contributed by atoms with Gasteiger partial charge in [0, 0.05) is 30.1 Å². The van der Waals surface area contributed by atoms with Gasteiger partial charge in [0.25, 0.3) is 5.91 Å². The number of ether oxygens (including phenoxy) is 1. The summed E-state index contributed by atoms with van der Waals surface area (Å²) in [6.07, 6.45) is 0.461. The van der Waals surface area contributed by atoms with Crippen LogP contribution >= 0.6 is 0 Å². The maximum Gasteiger partial charge on any atom is 0.336 e. The van der Waals surface area contributed by atoms with Gasteiger partial charge in [-0.15, -0.1) is 0 Å². The van der Waals surface area contributed by atoms with Gasteiger partial charge in [-0.1, -0.05) is 0 Å². The van der Waals surface area contributed by atoms with Crippen molar-refractivity contribution in [2.24, 2.45) is 0 Å². The fourth-order valence-corrected chi connectivity index (χ4v) is 4.75. The van der Waals surface area contributed by atoms with E-state index in [-0.39, 0.29) is 30.1 Å². The van der Waals surface area contributed by atoms with Gasteiger partial charge in [0.15, 0.2) is 16.4 Å². The first-order valence-electron chi connectivity index (χ1n) is 8.04. The number of fused-ring (bicyclic) bond motifs is 1. The molecule has 7 nitrogen and oxygen atoms in total. The average molecular weight is 365 g/mol. The van der Waals surface area contributed by atoms with Crippen molar-refractivity contribution in [3.63, 3.8) is 0 Å². The van der Waals surface area contributed by atoms with Gasteiger partial charge in [-0.25, -0.2) is 13.2 Å². The highest BCUT2D eigenvalue weighted by Gasteiger charge is 2.33. The molecule has 0 bridgehead atoms. The summed E-state index contributed by atoms with van der Waals surface area (Å²) in [6, 6.07) is 7.67. The first-order valence-corrected chi connectivity index (χ1v) is 9.87. The van der Waals surface area contributed by atoms with E-state index in [4.69, 9.17) is 9.15 Å². The molecule has 1 aliphatic rings. The Labute approximate surface area is 145 Å². The quantitative estimate of drug-likeness (QED) is 0.739. The largest absolute Gasteiger partial charge is 0.484 e. The lowest BCUT2D eigenvalue weighted by atomic mass is 10.2. The zero-order valence-electron chi connectivity index (χ0n) is 13.8. The number of rotatable bonds is 5. The maximum atomic E-state index is 12.4. The van der Waals surface area contributed by atoms with Crippen LogP contribution in [0.4, 0.5) is 0 Å². The van der Waals surface area contributed by atoms with Crippen molar-refractivity contribution in [1.29, 1.82) is 0 Å². The minimum absolute atomic E-state index is 0.00765. The molecule has 1 amide bonds. The van der Waals surface area contributed by atoms with Crippen LogP contribution in [0.3, 0.4) is 0 Å². The van der Waals surface area contributed by atoms with Gasteiger partial charge in [-0.2, -0.15) is 0 Å². The number of sulfone groups is 1. The Morgan fingerprint density at radius 1 is 1.32 bits per heavy atom. The molecule has 25 heavy (non-hydrogen) atoms. The molecule has 1 aromatic carbocycles. The van der Waals surface area contributed by atoms with Crippen LogP contribution in [-0.2, 0) is 14.6 Å². The topological polar surface area (TPSA) is 93.9 Å². The molecule has 1 unspecified atom stereocenters. The van der Waals surface area contributed by atoms with Gasteiger partial charge in [-0.3, -0.25) is 4.79 Å². The Kier molecular flexibility index (Phi) is 4.80. The molecule has 3 rings (SSSR count). The molecular formula is C17H19NO6S. The zero-order valence-corrected chi connectivity index (χ0v) is 14.6. The second kappa shape index (κ2) is 6.87. The summed E-state index contributed by atoms with van der Waals surface area (Å²) in [6.45, 7) is 2.04. The second-order valence-electron chi connectivity index (χ2n) is 5.98. The molecule has 0 radical (unpaired) electrons. The van der Waals surface area contributed by atoms with Crippen molar-refractivity contribution >= 4 is 26.7 Å². The zero-order chi connectivity index (χ0) is 18.0. The van der Waals surface area contributed by atoms with Crippen molar-refractivity contribution < 1.29 is 22.4 Å². The smallest absolute Gasteiger partial charge is 0.336 e. The highest BCUT2D eigenvalue weighted by molar-refractivity contribution is 7.91. The summed E-state index contributed by atoms with van der Waals surface area (Å²) >= 11 is 0. The standard InChI is InChI=1S/C17H19NO6S/c1-2-18(13-7-8-25(21,22)11-13)16(19)10-23-14-5-3-12-4-6-17(20)24-15(12)9-14/h3-6,9,13H,2,7-8,10-11H2,1H3. The van der Waals surface area contributed by atoms with Crippen molar-refractivity contribution in [3.8, 4) is 5.75 Å². The molecule has 134 valence electrons. The molecule has 1 atom stereocenters. The Balaban J connectivity index is 1.67. The molecule has 2 aromatic rings. The fraction of sp³-hybridized carbons (Fsp3) is 0.412. The summed E-state index contributed by atoms with van der Waals surface area (Å²) in [5.74, 6) is 0.268. The van der Waals surface area contributed by atoms with Crippen molar-refractivity contribution in [2.45, 2.75) is 19.4 Å². The van der Waals surface area contributed by atoms with Crippen molar-refractivity contribution in [2.75, 3.05) is 24.7 Å². The number of carbonyl (C=O) groups is 1. The van der Waals surface area contributed by atoms with E-state index in [9.17, 15) is 18.0 Å². The molecule has 0 aliphatic carbocycles. The van der Waals surface area contributed by atoms with E-state index in [0.29, 0.717) is 24.3 Å². The molecule has 1 aliphatic heterocycles. The Morgan fingerprint density at radius 3 is 2.76 bits per heavy atom. The number of hydrogen-bond donors (Lipinski definition) is 0. The highest BCUT2D eigenvalue weighted by Crippen LogP contribution is 2.21. The van der Waals surface area contributed by atoms with Crippen molar-refractivity contribution in [3.05, 3.63) is 40.8 Å². The number of carbonyl (C=O) groups excluding carboxylic acids is 1. The molecule has 0 spiro atoms. The van der Waals surface area contributed by atoms with Gasteiger partial charge in [0.05, 0.1) is 11.5 Å². The SMILES string of the molecule is CCN(C(=O)COc1ccc2ccc(=O)oc2c1)C1CCS(=O)(=O)C1. The number of benzene rings is 1. The monoisotopic (exact) mass is 365 g/mol. The summed E-state index contributed by atoms with van der Waals surface area (Å²) in [5, 5.41) is 0.754. The van der Waals surface area contributed by atoms with Crippen molar-refractivity contribution in [1.82, 2.24) is 4.90 Å². The lowest BCUT2D eigenvalue weighted by Gasteiger charge is -2.26. The summed E-state index contributed by atoms with van der Waals surface area (Å²) in [7, 11) is -3.06. The van der Waals surface area contributed by atoms with Crippen LogP contribution in [0.5, 0.6) is 5.75 Å². The average Bonchev–Trinajstić information content (AvgIpc) is 2.93. The lowest BCUT2D eigenvalue weighted by Crippen LogP contribution is -2.43. The number of hydrogen-bond acceptors (Lipinski definition) is 6. The minimum Gasteiger partial charge on any atom is -0.484 e. The maximum absolute atomic E-state index is 12.4. The predicted molar refractivity (Wildman–Crippen MR) is 92.4 cm³/mol. The summed E-state index contributed by atoms with van der Waals surface area (Å²) in [5.41, 5.74) is -0.0768. The summed E-state index contributed by atoms with van der Waals surface area (Å²) < 4.78 is 33.8. The Bertz CT molecular complexity index is 949. The first-order chi connectivity index (χ1) is 11.9. The van der Waals surface area contributed by atoms with Gasteiger partial charge < -0.3 is 14.1 Å². The van der Waals surface area contributed by atoms with Gasteiger partial charge >= 0.3 is 5.63 Å². The van der Waals surface area contributed by atoms with Gasteiger partial charge in [0.2, 0.25) is 0 Å². The van der Waals surface area contributed by atoms with Gasteiger partial charge in [-0.05, 0) is 31.5 Å². The third-order valence-electron chi connectivity index (χ3n) is 4.27. The van der Waals surface area contributed by atoms with E-state index < -0.39 is 15.5 Å². The number of amides is 1. The van der Waals surface area contributed by atoms with E-state index in [1.54, 1.807) is 29.2 Å². The third kappa shape index (κ3) is 4.01. The third-order valence-corrected chi connectivity index (χ3v) is 6.02. The molecular weight excluding hydrogens is 346 g/mol. The molecule has 1 aromatic heterocycles. The number of nitrogens with zero attached hydrogens (tertiary/aromatic N) is 1. The molecule has 1 fully saturated rings. The van der Waals surface area contributed by atoms with Crippen LogP contribution < -0.4 is 10.4 Å². The molecule has 1 saturated heterocycles. The highest BCUT2D eigenvalue weighted by atomic mass is 32.2. The Morgan fingerprint density at radius 2 is 2.08 bits per heavy atom. The van der Waals surface area contributed by atoms with Crippen LogP contribution in [0.25, 0.3) is 11.0 Å². The van der Waals surface area contributed by atoms with E-state index in [1.165, 1.54) is 6.07 Å². The van der Waals surface area contributed by atoms with Crippen LogP contribution in [0, 0.1) is 0 Å². The van der Waals surface area contributed by atoms with E-state index >= 15 is 0 Å². The van der Waals surface area contributed by atoms with E-state index in [0.717, 1.165) is 5.39 Å². The lowest BCUT2D eigenvalue weighted by molar-refractivity contribution is -0.135. The predicted octanol–water partition coefficient (Wildman–Crippen LogP) is 1.21. The fourth-order valence-electron chi connectivity index (χ4n) is 3.02. The van der Waals surface area contributed by atoms with E-state index in [2.05, 4.69) is 0 Å². The molecule has 0 saturated carbocycles. The first kappa shape index (κ1) is 17.5. The molecule has 8 heteroatoms. The normalized spacial score (nSPS) is 19.0. The summed E-state index contributed by atoms with van der Waals surface area (Å²) in [4.78, 5) is 25.2. The van der Waals surface area contributed by atoms with Crippen LogP contribution in [0.1, 0.15) is 13.3 Å². The van der Waals surface area contributed by atoms with Crippen LogP contribution in [-0.4, -0.2) is 49.9 Å².